The Kier molecular flexibility index (Phi) is 6.95. The van der Waals surface area contributed by atoms with Gasteiger partial charge in [0.15, 0.2) is 11.5 Å². The zero-order chi connectivity index (χ0) is 22.8. The number of rotatable bonds is 7. The number of nitrogens with one attached hydrogen (secondary N) is 2. The molecule has 0 unspecified atom stereocenters. The summed E-state index contributed by atoms with van der Waals surface area (Å²) < 4.78 is 45.8. The zero-order valence-corrected chi connectivity index (χ0v) is 19.5. The van der Waals surface area contributed by atoms with Gasteiger partial charge < -0.3 is 5.32 Å². The van der Waals surface area contributed by atoms with Crippen LogP contribution in [0.2, 0.25) is 0 Å². The summed E-state index contributed by atoms with van der Waals surface area (Å²) in [6, 6.07) is 4.09. The van der Waals surface area contributed by atoms with E-state index in [4.69, 9.17) is 4.63 Å². The highest BCUT2D eigenvalue weighted by Crippen LogP contribution is 2.32. The molecule has 31 heavy (non-hydrogen) atoms. The van der Waals surface area contributed by atoms with Crippen molar-refractivity contribution < 1.29 is 22.6 Å². The van der Waals surface area contributed by atoms with Crippen molar-refractivity contribution >= 4 is 43.5 Å². The molecule has 2 heterocycles. The number of nitrogens with zero attached hydrogens (tertiary/aromatic N) is 5. The summed E-state index contributed by atoms with van der Waals surface area (Å²) >= 11 is 3.08. The lowest BCUT2D eigenvalue weighted by molar-refractivity contribution is 0.234. The third kappa shape index (κ3) is 5.20. The molecule has 1 aromatic heterocycles. The molecule has 1 aromatic carbocycles. The highest BCUT2D eigenvalue weighted by molar-refractivity contribution is 9.10. The average Bonchev–Trinajstić information content (AvgIpc) is 3.34. The Morgan fingerprint density at radius 2 is 2.19 bits per heavy atom. The first-order valence-corrected chi connectivity index (χ1v) is 11.4. The number of anilines is 1. The predicted octanol–water partition coefficient (Wildman–Crippen LogP) is 1.96. The second kappa shape index (κ2) is 9.16. The number of halogens is 2. The average molecular weight is 520 g/mol. The molecule has 2 aromatic rings. The van der Waals surface area contributed by atoms with E-state index in [2.05, 4.69) is 36.6 Å². The third-order valence-corrected chi connectivity index (χ3v) is 7.45. The molecule has 11 nitrogen and oxygen atoms in total. The minimum Gasteiger partial charge on any atom is -0.365 e. The summed E-state index contributed by atoms with van der Waals surface area (Å²) in [5, 5.41) is 20.2. The Labute approximate surface area is 187 Å². The molecule has 3 N–H and O–H groups in total. The molecule has 0 aliphatic carbocycles. The molecule has 1 atom stereocenters. The molecule has 14 heteroatoms. The van der Waals surface area contributed by atoms with E-state index in [9.17, 15) is 18.0 Å². The van der Waals surface area contributed by atoms with E-state index in [-0.39, 0.29) is 27.2 Å². The number of hydrogen-bond donors (Lipinski definition) is 3. The minimum absolute atomic E-state index is 0.0596. The van der Waals surface area contributed by atoms with Crippen molar-refractivity contribution in [1.29, 1.82) is 0 Å². The Hall–Kier alpha value is -2.13. The molecule has 0 bridgehead atoms. The van der Waals surface area contributed by atoms with Gasteiger partial charge in [-0.3, -0.25) is 10.7 Å². The van der Waals surface area contributed by atoms with Crippen molar-refractivity contribution in [3.05, 3.63) is 34.2 Å². The lowest BCUT2D eigenvalue weighted by atomic mass is 9.90. The van der Waals surface area contributed by atoms with E-state index >= 15 is 0 Å². The summed E-state index contributed by atoms with van der Waals surface area (Å²) in [6.45, 7) is 3.10. The van der Waals surface area contributed by atoms with Crippen LogP contribution in [0.3, 0.4) is 0 Å². The van der Waals surface area contributed by atoms with Gasteiger partial charge in [-0.1, -0.05) is 6.92 Å². The fourth-order valence-electron chi connectivity index (χ4n) is 3.12. The molecule has 1 aliphatic rings. The largest absolute Gasteiger partial charge is 0.365 e. The van der Waals surface area contributed by atoms with Gasteiger partial charge in [-0.15, -0.1) is 0 Å². The van der Waals surface area contributed by atoms with E-state index in [1.807, 2.05) is 12.4 Å². The van der Waals surface area contributed by atoms with Crippen LogP contribution in [0.25, 0.3) is 0 Å². The van der Waals surface area contributed by atoms with Crippen LogP contribution < -0.4 is 10.8 Å². The van der Waals surface area contributed by atoms with E-state index in [1.54, 1.807) is 0 Å². The van der Waals surface area contributed by atoms with Crippen molar-refractivity contribution in [3.8, 4) is 0 Å². The van der Waals surface area contributed by atoms with Crippen LogP contribution in [-0.2, 0) is 10.2 Å². The maximum absolute atomic E-state index is 13.4. The van der Waals surface area contributed by atoms with E-state index in [0.29, 0.717) is 31.7 Å². The lowest BCUT2D eigenvalue weighted by Crippen LogP contribution is -2.40. The van der Waals surface area contributed by atoms with Gasteiger partial charge in [0.2, 0.25) is 5.82 Å². The smallest absolute Gasteiger partial charge is 0.281 e. The van der Waals surface area contributed by atoms with E-state index in [1.165, 1.54) is 40.9 Å². The second-order valence-electron chi connectivity index (χ2n) is 7.67. The number of hydroxylamine groups is 1. The van der Waals surface area contributed by atoms with Gasteiger partial charge in [0.25, 0.3) is 10.2 Å². The Balaban J connectivity index is 1.74. The van der Waals surface area contributed by atoms with Crippen LogP contribution in [0.4, 0.5) is 15.9 Å². The molecule has 0 radical (unpaired) electrons. The molecule has 3 rings (SSSR count). The van der Waals surface area contributed by atoms with Crippen molar-refractivity contribution in [3.63, 3.8) is 0 Å². The molecular formula is C17H23BrFN7O4S. The van der Waals surface area contributed by atoms with Gasteiger partial charge in [-0.05, 0) is 56.3 Å². The number of aromatic nitrogens is 2. The number of aliphatic imine (C=N–C) groups is 1. The highest BCUT2D eigenvalue weighted by Gasteiger charge is 2.40. The van der Waals surface area contributed by atoms with Gasteiger partial charge in [0.1, 0.15) is 5.82 Å². The van der Waals surface area contributed by atoms with Crippen LogP contribution in [0.1, 0.15) is 19.0 Å². The summed E-state index contributed by atoms with van der Waals surface area (Å²) in [6.07, 6.45) is 0.649. The molecule has 1 aliphatic heterocycles. The van der Waals surface area contributed by atoms with Crippen LogP contribution >= 0.6 is 15.9 Å². The summed E-state index contributed by atoms with van der Waals surface area (Å²) in [7, 11) is -0.489. The van der Waals surface area contributed by atoms with Crippen LogP contribution in [0.5, 0.6) is 0 Å². The molecule has 1 saturated heterocycles. The minimum atomic E-state index is -3.49. The van der Waals surface area contributed by atoms with Crippen molar-refractivity contribution in [2.75, 3.05) is 39.0 Å². The van der Waals surface area contributed by atoms with Crippen LogP contribution in [0.15, 0.2) is 32.3 Å². The fourth-order valence-corrected chi connectivity index (χ4v) is 4.75. The normalized spacial score (nSPS) is 20.4. The zero-order valence-electron chi connectivity index (χ0n) is 17.1. The van der Waals surface area contributed by atoms with Crippen molar-refractivity contribution in [2.45, 2.75) is 13.3 Å². The SMILES string of the molecule is CN(C)S(=O)(=O)N1CC[C@@](C)(CNc2nonc2C(=Nc2ccc(F)c(Br)c2)NO)C1. The second-order valence-corrected chi connectivity index (χ2v) is 10.7. The molecule has 170 valence electrons. The maximum Gasteiger partial charge on any atom is 0.281 e. The standard InChI is InChI=1S/C17H23BrFN7O4S/c1-17(6-7-26(10-17)31(28,29)25(2)3)9-20-15-14(23-30-24-15)16(22-27)21-11-4-5-13(19)12(18)8-11/h4-5,8,27H,6-7,9-10H2,1-3H3,(H,20,24)(H,21,22)/t17-/m0/s1. The topological polar surface area (TPSA) is 136 Å². The van der Waals surface area contributed by atoms with Gasteiger partial charge in [0, 0.05) is 33.7 Å². The highest BCUT2D eigenvalue weighted by atomic mass is 79.9. The van der Waals surface area contributed by atoms with Crippen LogP contribution in [-0.4, -0.2) is 72.1 Å². The van der Waals surface area contributed by atoms with E-state index < -0.39 is 16.0 Å². The number of benzene rings is 1. The lowest BCUT2D eigenvalue weighted by Gasteiger charge is -2.26. The first kappa shape index (κ1) is 23.5. The van der Waals surface area contributed by atoms with Crippen molar-refractivity contribution in [1.82, 2.24) is 24.4 Å². The van der Waals surface area contributed by atoms with Crippen LogP contribution in [0, 0.1) is 11.2 Å². The third-order valence-electron chi connectivity index (χ3n) is 4.96. The van der Waals surface area contributed by atoms with Gasteiger partial charge in [-0.25, -0.2) is 14.0 Å². The van der Waals surface area contributed by atoms with Gasteiger partial charge in [0.05, 0.1) is 10.2 Å². The predicted molar refractivity (Wildman–Crippen MR) is 115 cm³/mol. The van der Waals surface area contributed by atoms with E-state index in [0.717, 1.165) is 0 Å². The Morgan fingerprint density at radius 3 is 2.84 bits per heavy atom. The molecule has 0 saturated carbocycles. The first-order chi connectivity index (χ1) is 14.6. The molecule has 1 fully saturated rings. The summed E-state index contributed by atoms with van der Waals surface area (Å²) in [5.41, 5.74) is 2.06. The summed E-state index contributed by atoms with van der Waals surface area (Å²) in [4.78, 5) is 4.21. The fraction of sp³-hybridized carbons (Fsp3) is 0.471. The Bertz CT molecular complexity index is 1080. The van der Waals surface area contributed by atoms with Gasteiger partial charge >= 0.3 is 0 Å². The number of amidine groups is 1. The molecule has 0 amide bonds. The first-order valence-electron chi connectivity index (χ1n) is 9.24. The quantitative estimate of drug-likeness (QED) is 0.287. The molecule has 0 spiro atoms. The monoisotopic (exact) mass is 519 g/mol. The van der Waals surface area contributed by atoms with Crippen molar-refractivity contribution in [2.24, 2.45) is 10.4 Å². The molecular weight excluding hydrogens is 497 g/mol. The maximum atomic E-state index is 13.4. The Morgan fingerprint density at radius 1 is 1.45 bits per heavy atom. The number of hydrogen-bond acceptors (Lipinski definition) is 8. The summed E-state index contributed by atoms with van der Waals surface area (Å²) in [5.74, 6) is -0.287. The van der Waals surface area contributed by atoms with Gasteiger partial charge in [-0.2, -0.15) is 17.0 Å².